The van der Waals surface area contributed by atoms with Crippen molar-refractivity contribution in [1.82, 2.24) is 9.80 Å². The predicted octanol–water partition coefficient (Wildman–Crippen LogP) is 1.85. The van der Waals surface area contributed by atoms with Crippen molar-refractivity contribution in [3.63, 3.8) is 0 Å². The number of halogens is 1. The molecule has 2 rings (SSSR count). The Morgan fingerprint density at radius 1 is 1.29 bits per heavy atom. The Bertz CT molecular complexity index is 557. The molecule has 1 amide bonds. The van der Waals surface area contributed by atoms with Gasteiger partial charge in [-0.05, 0) is 30.0 Å². The maximum atomic E-state index is 13.8. The molecule has 134 valence electrons. The summed E-state index contributed by atoms with van der Waals surface area (Å²) < 4.78 is 18.7. The van der Waals surface area contributed by atoms with Crippen molar-refractivity contribution in [2.45, 2.75) is 32.9 Å². The first kappa shape index (κ1) is 18.7. The van der Waals surface area contributed by atoms with Gasteiger partial charge in [0, 0.05) is 32.7 Å². The third-order valence-corrected chi connectivity index (χ3v) is 4.35. The number of hydrogen-bond donors (Lipinski definition) is 1. The molecule has 0 radical (unpaired) electrons. The SMILES string of the molecule is COc1ccc(CN2CCN(C(=O)[C@@H](N)CC(C)C)CC2)cc1F. The monoisotopic (exact) mass is 337 g/mol. The Morgan fingerprint density at radius 3 is 2.50 bits per heavy atom. The fourth-order valence-electron chi connectivity index (χ4n) is 3.04. The van der Waals surface area contributed by atoms with Gasteiger partial charge in [-0.1, -0.05) is 19.9 Å². The second-order valence-corrected chi connectivity index (χ2v) is 6.81. The lowest BCUT2D eigenvalue weighted by molar-refractivity contribution is -0.134. The molecular weight excluding hydrogens is 309 g/mol. The highest BCUT2D eigenvalue weighted by Crippen LogP contribution is 2.19. The molecule has 1 atom stereocenters. The largest absolute Gasteiger partial charge is 0.494 e. The highest BCUT2D eigenvalue weighted by molar-refractivity contribution is 5.81. The van der Waals surface area contributed by atoms with Crippen LogP contribution in [-0.2, 0) is 11.3 Å². The summed E-state index contributed by atoms with van der Waals surface area (Å²) >= 11 is 0. The van der Waals surface area contributed by atoms with Crippen LogP contribution in [0.2, 0.25) is 0 Å². The van der Waals surface area contributed by atoms with E-state index < -0.39 is 6.04 Å². The van der Waals surface area contributed by atoms with E-state index in [4.69, 9.17) is 10.5 Å². The molecule has 0 spiro atoms. The molecule has 1 fully saturated rings. The van der Waals surface area contributed by atoms with Gasteiger partial charge in [0.15, 0.2) is 11.6 Å². The van der Waals surface area contributed by atoms with Gasteiger partial charge >= 0.3 is 0 Å². The summed E-state index contributed by atoms with van der Waals surface area (Å²) in [5.74, 6) is 0.367. The van der Waals surface area contributed by atoms with Gasteiger partial charge in [-0.3, -0.25) is 9.69 Å². The molecule has 1 heterocycles. The first-order valence-corrected chi connectivity index (χ1v) is 8.50. The van der Waals surface area contributed by atoms with Crippen LogP contribution in [0.25, 0.3) is 0 Å². The summed E-state index contributed by atoms with van der Waals surface area (Å²) in [5.41, 5.74) is 6.90. The van der Waals surface area contributed by atoms with Crippen LogP contribution in [-0.4, -0.2) is 55.0 Å². The number of rotatable bonds is 6. The fourth-order valence-corrected chi connectivity index (χ4v) is 3.04. The zero-order valence-electron chi connectivity index (χ0n) is 14.8. The third-order valence-electron chi connectivity index (χ3n) is 4.35. The predicted molar refractivity (Wildman–Crippen MR) is 92.2 cm³/mol. The molecule has 1 aliphatic heterocycles. The number of piperazine rings is 1. The number of hydrogen-bond acceptors (Lipinski definition) is 4. The summed E-state index contributed by atoms with van der Waals surface area (Å²) in [6, 6.07) is 4.62. The first-order valence-electron chi connectivity index (χ1n) is 8.50. The number of nitrogens with zero attached hydrogens (tertiary/aromatic N) is 2. The number of methoxy groups -OCH3 is 1. The molecule has 0 aliphatic carbocycles. The minimum Gasteiger partial charge on any atom is -0.494 e. The molecular formula is C18H28FN3O2. The second kappa shape index (κ2) is 8.44. The minimum absolute atomic E-state index is 0.0406. The van der Waals surface area contributed by atoms with Gasteiger partial charge in [0.1, 0.15) is 0 Å². The Balaban J connectivity index is 1.84. The molecule has 1 aromatic carbocycles. The average Bonchev–Trinajstić information content (AvgIpc) is 2.54. The number of benzene rings is 1. The zero-order chi connectivity index (χ0) is 17.7. The molecule has 0 unspecified atom stereocenters. The molecule has 0 bridgehead atoms. The summed E-state index contributed by atoms with van der Waals surface area (Å²) in [6.45, 7) is 7.69. The topological polar surface area (TPSA) is 58.8 Å². The Labute approximate surface area is 143 Å². The standard InChI is InChI=1S/C18H28FN3O2/c1-13(2)10-16(20)18(23)22-8-6-21(7-9-22)12-14-4-5-17(24-3)15(19)11-14/h4-5,11,13,16H,6-10,12,20H2,1-3H3/t16-/m0/s1. The molecule has 2 N–H and O–H groups in total. The quantitative estimate of drug-likeness (QED) is 0.861. The van der Waals surface area contributed by atoms with Gasteiger partial charge in [-0.15, -0.1) is 0 Å². The van der Waals surface area contributed by atoms with Gasteiger partial charge in [0.05, 0.1) is 13.2 Å². The lowest BCUT2D eigenvalue weighted by atomic mass is 10.0. The van der Waals surface area contributed by atoms with Crippen molar-refractivity contribution < 1.29 is 13.9 Å². The minimum atomic E-state index is -0.410. The van der Waals surface area contributed by atoms with Crippen LogP contribution in [0.3, 0.4) is 0 Å². The van der Waals surface area contributed by atoms with E-state index in [0.717, 1.165) is 18.7 Å². The van der Waals surface area contributed by atoms with E-state index in [1.54, 1.807) is 6.07 Å². The van der Waals surface area contributed by atoms with E-state index in [9.17, 15) is 9.18 Å². The summed E-state index contributed by atoms with van der Waals surface area (Å²) in [5, 5.41) is 0. The molecule has 1 saturated heterocycles. The second-order valence-electron chi connectivity index (χ2n) is 6.81. The van der Waals surface area contributed by atoms with Crippen LogP contribution in [0.1, 0.15) is 25.8 Å². The smallest absolute Gasteiger partial charge is 0.239 e. The summed E-state index contributed by atoms with van der Waals surface area (Å²) in [6.07, 6.45) is 0.712. The van der Waals surface area contributed by atoms with Crippen molar-refractivity contribution >= 4 is 5.91 Å². The Hall–Kier alpha value is -1.66. The van der Waals surface area contributed by atoms with E-state index in [0.29, 0.717) is 32.0 Å². The normalized spacial score (nSPS) is 17.2. The molecule has 6 heteroatoms. The third kappa shape index (κ3) is 4.92. The van der Waals surface area contributed by atoms with Crippen molar-refractivity contribution in [3.05, 3.63) is 29.6 Å². The summed E-state index contributed by atoms with van der Waals surface area (Å²) in [4.78, 5) is 16.4. The number of carbonyl (C=O) groups is 1. The number of carbonyl (C=O) groups excluding carboxylic acids is 1. The van der Waals surface area contributed by atoms with Crippen LogP contribution in [0.4, 0.5) is 4.39 Å². The van der Waals surface area contributed by atoms with Gasteiger partial charge in [0.25, 0.3) is 0 Å². The molecule has 1 aromatic rings. The number of nitrogens with two attached hydrogens (primary N) is 1. The van der Waals surface area contributed by atoms with E-state index in [-0.39, 0.29) is 17.5 Å². The summed E-state index contributed by atoms with van der Waals surface area (Å²) in [7, 11) is 1.46. The van der Waals surface area contributed by atoms with Gasteiger partial charge in [-0.25, -0.2) is 4.39 Å². The van der Waals surface area contributed by atoms with Crippen molar-refractivity contribution in [1.29, 1.82) is 0 Å². The molecule has 5 nitrogen and oxygen atoms in total. The van der Waals surface area contributed by atoms with Crippen LogP contribution in [0.15, 0.2) is 18.2 Å². The van der Waals surface area contributed by atoms with Crippen LogP contribution < -0.4 is 10.5 Å². The Morgan fingerprint density at radius 2 is 1.96 bits per heavy atom. The zero-order valence-corrected chi connectivity index (χ0v) is 14.8. The first-order chi connectivity index (χ1) is 11.4. The van der Waals surface area contributed by atoms with E-state index in [1.807, 2.05) is 11.0 Å². The molecule has 24 heavy (non-hydrogen) atoms. The highest BCUT2D eigenvalue weighted by Gasteiger charge is 2.25. The van der Waals surface area contributed by atoms with Gasteiger partial charge < -0.3 is 15.4 Å². The molecule has 0 aromatic heterocycles. The van der Waals surface area contributed by atoms with E-state index in [2.05, 4.69) is 18.7 Å². The lowest BCUT2D eigenvalue weighted by Gasteiger charge is -2.36. The van der Waals surface area contributed by atoms with E-state index in [1.165, 1.54) is 13.2 Å². The average molecular weight is 337 g/mol. The Kier molecular flexibility index (Phi) is 6.57. The van der Waals surface area contributed by atoms with Crippen molar-refractivity contribution in [3.8, 4) is 5.75 Å². The molecule has 1 aliphatic rings. The van der Waals surface area contributed by atoms with Crippen LogP contribution in [0.5, 0.6) is 5.75 Å². The fraction of sp³-hybridized carbons (Fsp3) is 0.611. The van der Waals surface area contributed by atoms with Crippen LogP contribution in [0, 0.1) is 11.7 Å². The maximum Gasteiger partial charge on any atom is 0.239 e. The number of ether oxygens (including phenoxy) is 1. The molecule has 0 saturated carbocycles. The van der Waals surface area contributed by atoms with Crippen molar-refractivity contribution in [2.24, 2.45) is 11.7 Å². The van der Waals surface area contributed by atoms with Gasteiger partial charge in [0.2, 0.25) is 5.91 Å². The number of amides is 1. The lowest BCUT2D eigenvalue weighted by Crippen LogP contribution is -2.53. The van der Waals surface area contributed by atoms with E-state index >= 15 is 0 Å². The maximum absolute atomic E-state index is 13.8. The van der Waals surface area contributed by atoms with Gasteiger partial charge in [-0.2, -0.15) is 0 Å². The van der Waals surface area contributed by atoms with Crippen LogP contribution >= 0.6 is 0 Å². The van der Waals surface area contributed by atoms with Crippen molar-refractivity contribution in [2.75, 3.05) is 33.3 Å². The highest BCUT2D eigenvalue weighted by atomic mass is 19.1.